The fourth-order valence-electron chi connectivity index (χ4n) is 5.91. The Balaban J connectivity index is 1.06. The molecule has 0 bridgehead atoms. The summed E-state index contributed by atoms with van der Waals surface area (Å²) < 4.78 is 5.96. The number of hydrogen-bond acceptors (Lipinski definition) is 5. The number of nitrogens with one attached hydrogen (secondary N) is 1. The number of aromatic amines is 1. The maximum atomic E-state index is 13.4. The number of nitrogens with zero attached hydrogens (tertiary/aromatic N) is 4. The molecule has 0 radical (unpaired) electrons. The number of likely N-dealkylation sites (tertiary alicyclic amines) is 2. The quantitative estimate of drug-likeness (QED) is 0.413. The third-order valence-electron chi connectivity index (χ3n) is 7.94. The number of nitrogens with two attached hydrogens (primary N) is 1. The van der Waals surface area contributed by atoms with Gasteiger partial charge in [-0.1, -0.05) is 0 Å². The third-order valence-corrected chi connectivity index (χ3v) is 7.94. The Bertz CT molecular complexity index is 1460. The SMILES string of the molecule is NC(=O)c1ccc(OCC2CCCN(C(=O)N3CCC(c4cc[nH]c5cnc6nccc6c45)CC3)C2)cc1. The van der Waals surface area contributed by atoms with E-state index in [0.717, 1.165) is 61.9 Å². The highest BCUT2D eigenvalue weighted by atomic mass is 16.5. The van der Waals surface area contributed by atoms with Crippen molar-refractivity contribution in [3.8, 4) is 5.75 Å². The fraction of sp³-hybridized carbons (Fsp3) is 0.379. The number of carbonyl (C=O) groups excluding carboxylic acids is 2. The van der Waals surface area contributed by atoms with Crippen LogP contribution in [0.15, 0.2) is 55.0 Å². The van der Waals surface area contributed by atoms with Crippen molar-refractivity contribution >= 4 is 33.9 Å². The van der Waals surface area contributed by atoms with Crippen molar-refractivity contribution in [3.63, 3.8) is 0 Å². The summed E-state index contributed by atoms with van der Waals surface area (Å²) in [7, 11) is 0. The summed E-state index contributed by atoms with van der Waals surface area (Å²) in [5.74, 6) is 0.922. The molecule has 2 aliphatic heterocycles. The number of urea groups is 1. The highest BCUT2D eigenvalue weighted by Gasteiger charge is 2.31. The lowest BCUT2D eigenvalue weighted by Gasteiger charge is -2.39. The minimum Gasteiger partial charge on any atom is -0.493 e. The van der Waals surface area contributed by atoms with Gasteiger partial charge in [-0.2, -0.15) is 0 Å². The Morgan fingerprint density at radius 1 is 1.00 bits per heavy atom. The van der Waals surface area contributed by atoms with Crippen LogP contribution >= 0.6 is 0 Å². The van der Waals surface area contributed by atoms with Gasteiger partial charge in [-0.25, -0.2) is 14.8 Å². The largest absolute Gasteiger partial charge is 0.493 e. The average molecular weight is 513 g/mol. The van der Waals surface area contributed by atoms with E-state index in [0.29, 0.717) is 30.4 Å². The van der Waals surface area contributed by atoms with Gasteiger partial charge in [-0.3, -0.25) is 4.79 Å². The molecule has 0 spiro atoms. The first-order valence-electron chi connectivity index (χ1n) is 13.3. The average Bonchev–Trinajstić information content (AvgIpc) is 3.45. The minimum atomic E-state index is -0.452. The Morgan fingerprint density at radius 3 is 2.61 bits per heavy atom. The monoisotopic (exact) mass is 512 g/mol. The number of fused-ring (bicyclic) bond motifs is 3. The highest BCUT2D eigenvalue weighted by Crippen LogP contribution is 2.35. The zero-order valence-electron chi connectivity index (χ0n) is 21.3. The van der Waals surface area contributed by atoms with Gasteiger partial charge >= 0.3 is 6.03 Å². The van der Waals surface area contributed by atoms with Gasteiger partial charge in [-0.05, 0) is 73.6 Å². The van der Waals surface area contributed by atoms with Crippen LogP contribution in [0.5, 0.6) is 5.75 Å². The number of piperidine rings is 2. The Labute approximate surface area is 221 Å². The second-order valence-corrected chi connectivity index (χ2v) is 10.4. The first kappa shape index (κ1) is 24.2. The molecule has 3 N–H and O–H groups in total. The molecule has 0 aliphatic carbocycles. The molecule has 1 unspecified atom stereocenters. The van der Waals surface area contributed by atoms with Crippen LogP contribution in [0.4, 0.5) is 4.79 Å². The fourth-order valence-corrected chi connectivity index (χ4v) is 5.91. The summed E-state index contributed by atoms with van der Waals surface area (Å²) in [6, 6.07) is 11.2. The van der Waals surface area contributed by atoms with E-state index >= 15 is 0 Å². The van der Waals surface area contributed by atoms with E-state index in [2.05, 4.69) is 21.0 Å². The molecule has 3 aromatic heterocycles. The predicted octanol–water partition coefficient (Wildman–Crippen LogP) is 4.30. The zero-order chi connectivity index (χ0) is 26.1. The Hall–Kier alpha value is -4.14. The van der Waals surface area contributed by atoms with Crippen molar-refractivity contribution in [2.24, 2.45) is 11.7 Å². The van der Waals surface area contributed by atoms with Crippen LogP contribution in [-0.2, 0) is 0 Å². The number of primary amides is 1. The summed E-state index contributed by atoms with van der Waals surface area (Å²) >= 11 is 0. The normalized spacial score (nSPS) is 18.7. The van der Waals surface area contributed by atoms with E-state index in [9.17, 15) is 9.59 Å². The number of ether oxygens (including phenoxy) is 1. The predicted molar refractivity (Wildman–Crippen MR) is 145 cm³/mol. The lowest BCUT2D eigenvalue weighted by molar-refractivity contribution is 0.1000. The molecular formula is C29H32N6O3. The smallest absolute Gasteiger partial charge is 0.320 e. The maximum absolute atomic E-state index is 13.4. The molecule has 3 amide bonds. The van der Waals surface area contributed by atoms with Gasteiger partial charge in [-0.15, -0.1) is 0 Å². The van der Waals surface area contributed by atoms with E-state index in [1.165, 1.54) is 10.9 Å². The summed E-state index contributed by atoms with van der Waals surface area (Å²) in [4.78, 5) is 40.8. The number of H-pyrrole nitrogens is 1. The molecule has 2 fully saturated rings. The number of benzene rings is 1. The lowest BCUT2D eigenvalue weighted by atomic mass is 9.87. The molecule has 1 atom stereocenters. The highest BCUT2D eigenvalue weighted by molar-refractivity contribution is 6.05. The molecule has 2 saturated heterocycles. The maximum Gasteiger partial charge on any atom is 0.320 e. The standard InChI is InChI=1S/C29H32N6O3/c30-27(36)21-3-5-22(6-4-21)38-18-19-2-1-13-35(17-19)29(37)34-14-9-20(10-15-34)23-7-11-31-25-16-33-28-24(26(23)25)8-12-32-28/h3-8,11-12,16,19-20,31H,1-2,9-10,13-15,17-18H2,(H2,30,36). The number of hydrogen-bond donors (Lipinski definition) is 2. The van der Waals surface area contributed by atoms with Crippen molar-refractivity contribution in [2.75, 3.05) is 32.8 Å². The zero-order valence-corrected chi connectivity index (χ0v) is 21.3. The number of carbonyl (C=O) groups is 2. The van der Waals surface area contributed by atoms with Crippen LogP contribution < -0.4 is 10.5 Å². The molecule has 2 aliphatic rings. The van der Waals surface area contributed by atoms with Gasteiger partial charge in [0.15, 0.2) is 5.65 Å². The Kier molecular flexibility index (Phi) is 6.57. The number of aromatic nitrogens is 3. The van der Waals surface area contributed by atoms with Crippen LogP contribution in [0.25, 0.3) is 21.9 Å². The van der Waals surface area contributed by atoms with Crippen molar-refractivity contribution in [2.45, 2.75) is 31.6 Å². The van der Waals surface area contributed by atoms with Crippen molar-refractivity contribution in [1.29, 1.82) is 0 Å². The molecular weight excluding hydrogens is 480 g/mol. The number of pyridine rings is 2. The van der Waals surface area contributed by atoms with Gasteiger partial charge in [0.25, 0.3) is 0 Å². The van der Waals surface area contributed by atoms with Crippen molar-refractivity contribution < 1.29 is 14.3 Å². The molecule has 38 heavy (non-hydrogen) atoms. The second-order valence-electron chi connectivity index (χ2n) is 10.4. The number of amides is 3. The van der Waals surface area contributed by atoms with Crippen LogP contribution in [0.2, 0.25) is 0 Å². The third kappa shape index (κ3) is 4.76. The first-order chi connectivity index (χ1) is 18.6. The van der Waals surface area contributed by atoms with E-state index < -0.39 is 5.91 Å². The second kappa shape index (κ2) is 10.3. The van der Waals surface area contributed by atoms with Crippen LogP contribution in [-0.4, -0.2) is 69.5 Å². The van der Waals surface area contributed by atoms with E-state index in [1.54, 1.807) is 24.3 Å². The van der Waals surface area contributed by atoms with Gasteiger partial charge < -0.3 is 25.3 Å². The molecule has 6 rings (SSSR count). The van der Waals surface area contributed by atoms with Gasteiger partial charge in [0.1, 0.15) is 5.75 Å². The molecule has 0 saturated carbocycles. The molecule has 5 heterocycles. The van der Waals surface area contributed by atoms with E-state index in [4.69, 9.17) is 10.5 Å². The molecule has 4 aromatic rings. The number of rotatable bonds is 5. The minimum absolute atomic E-state index is 0.136. The summed E-state index contributed by atoms with van der Waals surface area (Å²) in [5, 5.41) is 2.28. The van der Waals surface area contributed by atoms with E-state index in [-0.39, 0.29) is 11.9 Å². The molecule has 9 nitrogen and oxygen atoms in total. The molecule has 196 valence electrons. The van der Waals surface area contributed by atoms with Gasteiger partial charge in [0.2, 0.25) is 5.91 Å². The van der Waals surface area contributed by atoms with Gasteiger partial charge in [0, 0.05) is 60.8 Å². The van der Waals surface area contributed by atoms with Crippen LogP contribution in [0.1, 0.15) is 47.5 Å². The van der Waals surface area contributed by atoms with Crippen LogP contribution in [0, 0.1) is 5.92 Å². The topological polar surface area (TPSA) is 117 Å². The molecule has 9 heteroatoms. The summed E-state index contributed by atoms with van der Waals surface area (Å²) in [6.45, 7) is 3.53. The summed E-state index contributed by atoms with van der Waals surface area (Å²) in [5.41, 5.74) is 8.87. The molecule has 1 aromatic carbocycles. The lowest BCUT2D eigenvalue weighted by Crippen LogP contribution is -2.50. The van der Waals surface area contributed by atoms with Crippen molar-refractivity contribution in [1.82, 2.24) is 24.8 Å². The van der Waals surface area contributed by atoms with Crippen LogP contribution in [0.3, 0.4) is 0 Å². The van der Waals surface area contributed by atoms with Gasteiger partial charge in [0.05, 0.1) is 18.3 Å². The van der Waals surface area contributed by atoms with Crippen molar-refractivity contribution in [3.05, 3.63) is 66.1 Å². The summed E-state index contributed by atoms with van der Waals surface area (Å²) in [6.07, 6.45) is 9.53. The Morgan fingerprint density at radius 2 is 1.82 bits per heavy atom. The van der Waals surface area contributed by atoms with E-state index in [1.807, 2.05) is 34.5 Å². The first-order valence-corrected chi connectivity index (χ1v) is 13.3.